The van der Waals surface area contributed by atoms with Crippen LogP contribution in [-0.2, 0) is 11.2 Å². The Bertz CT molecular complexity index is 898. The molecule has 1 fully saturated rings. The van der Waals surface area contributed by atoms with Gasteiger partial charge in [0.1, 0.15) is 5.75 Å². The number of nitrogens with zero attached hydrogens (tertiary/aromatic N) is 2. The van der Waals surface area contributed by atoms with Gasteiger partial charge < -0.3 is 14.2 Å². The lowest BCUT2D eigenvalue weighted by Gasteiger charge is -2.13. The number of carbonyl (C=O) groups excluding carboxylic acids is 1. The van der Waals surface area contributed by atoms with Gasteiger partial charge in [0.25, 0.3) is 0 Å². The van der Waals surface area contributed by atoms with Crippen LogP contribution in [0.5, 0.6) is 17.2 Å². The van der Waals surface area contributed by atoms with E-state index < -0.39 is 0 Å². The van der Waals surface area contributed by atoms with Gasteiger partial charge in [-0.2, -0.15) is 0 Å². The quantitative estimate of drug-likeness (QED) is 0.736. The first-order chi connectivity index (χ1) is 13.7. The Labute approximate surface area is 168 Å². The van der Waals surface area contributed by atoms with Crippen LogP contribution in [0, 0.1) is 0 Å². The highest BCUT2D eigenvalue weighted by Crippen LogP contribution is 2.36. The van der Waals surface area contributed by atoms with E-state index in [0.29, 0.717) is 19.6 Å². The number of thioether (sulfide) groups is 1. The number of rotatable bonds is 6. The molecule has 0 aliphatic carbocycles. The third kappa shape index (κ3) is 3.80. The number of hydrogen-bond donors (Lipinski definition) is 0. The van der Waals surface area contributed by atoms with Crippen LogP contribution in [0.3, 0.4) is 0 Å². The van der Waals surface area contributed by atoms with Crippen molar-refractivity contribution in [3.8, 4) is 17.2 Å². The van der Waals surface area contributed by atoms with Gasteiger partial charge in [0.15, 0.2) is 16.7 Å². The number of ether oxygens (including phenoxy) is 3. The Morgan fingerprint density at radius 1 is 1.14 bits per heavy atom. The average molecular weight is 398 g/mol. The summed E-state index contributed by atoms with van der Waals surface area (Å²) in [5.74, 6) is 2.40. The van der Waals surface area contributed by atoms with Crippen molar-refractivity contribution in [2.45, 2.75) is 25.5 Å². The highest BCUT2D eigenvalue weighted by molar-refractivity contribution is 8.15. The number of aliphatic imine (C=N–C) groups is 1. The zero-order chi connectivity index (χ0) is 19.5. The fourth-order valence-electron chi connectivity index (χ4n) is 3.19. The van der Waals surface area contributed by atoms with Crippen LogP contribution in [0.15, 0.2) is 47.5 Å². The monoisotopic (exact) mass is 398 g/mol. The maximum atomic E-state index is 12.9. The number of amidine groups is 1. The van der Waals surface area contributed by atoms with E-state index in [2.05, 4.69) is 0 Å². The van der Waals surface area contributed by atoms with Crippen LogP contribution in [-0.4, -0.2) is 41.2 Å². The van der Waals surface area contributed by atoms with Gasteiger partial charge in [-0.15, -0.1) is 0 Å². The molecular formula is C21H22N2O4S. The van der Waals surface area contributed by atoms with E-state index in [-0.39, 0.29) is 18.0 Å². The third-order valence-corrected chi connectivity index (χ3v) is 5.74. The van der Waals surface area contributed by atoms with E-state index >= 15 is 0 Å². The highest BCUT2D eigenvalue weighted by atomic mass is 32.2. The van der Waals surface area contributed by atoms with Crippen LogP contribution in [0.4, 0.5) is 5.69 Å². The predicted octanol–water partition coefficient (Wildman–Crippen LogP) is 4.01. The van der Waals surface area contributed by atoms with Crippen LogP contribution in [0.2, 0.25) is 0 Å². The van der Waals surface area contributed by atoms with Gasteiger partial charge in [-0.3, -0.25) is 9.69 Å². The molecule has 1 amide bonds. The van der Waals surface area contributed by atoms with Crippen molar-refractivity contribution in [2.24, 2.45) is 4.99 Å². The Morgan fingerprint density at radius 3 is 2.68 bits per heavy atom. The first kappa shape index (κ1) is 18.7. The van der Waals surface area contributed by atoms with Crippen LogP contribution in [0.25, 0.3) is 0 Å². The molecule has 0 unspecified atom stereocenters. The fourth-order valence-corrected chi connectivity index (χ4v) is 4.45. The summed E-state index contributed by atoms with van der Waals surface area (Å²) in [7, 11) is 0. The van der Waals surface area contributed by atoms with Crippen LogP contribution >= 0.6 is 11.8 Å². The highest BCUT2D eigenvalue weighted by Gasteiger charge is 2.37. The number of carbonyl (C=O) groups is 1. The van der Waals surface area contributed by atoms with E-state index in [4.69, 9.17) is 19.2 Å². The fraction of sp³-hybridized carbons (Fsp3) is 0.333. The lowest BCUT2D eigenvalue weighted by molar-refractivity contribution is -0.126. The van der Waals surface area contributed by atoms with Crippen molar-refractivity contribution in [1.82, 2.24) is 4.90 Å². The molecule has 6 nitrogen and oxygen atoms in total. The van der Waals surface area contributed by atoms with Gasteiger partial charge in [-0.25, -0.2) is 4.99 Å². The number of fused-ring (bicyclic) bond motifs is 1. The number of benzene rings is 2. The molecule has 7 heteroatoms. The maximum absolute atomic E-state index is 12.9. The molecule has 0 N–H and O–H groups in total. The lowest BCUT2D eigenvalue weighted by atomic mass is 10.1. The van der Waals surface area contributed by atoms with Gasteiger partial charge in [0.2, 0.25) is 12.7 Å². The van der Waals surface area contributed by atoms with Gasteiger partial charge in [-0.05, 0) is 62.2 Å². The second-order valence-electron chi connectivity index (χ2n) is 6.40. The van der Waals surface area contributed by atoms with Crippen molar-refractivity contribution in [3.05, 3.63) is 48.0 Å². The SMILES string of the molecule is CCOc1ccc(N=C2S[C@@H](Cc3ccc4c(c3)OCO4)C(=O)N2CC)cc1. The van der Waals surface area contributed by atoms with Crippen LogP contribution < -0.4 is 14.2 Å². The maximum Gasteiger partial charge on any atom is 0.242 e. The number of hydrogen-bond acceptors (Lipinski definition) is 6. The zero-order valence-electron chi connectivity index (χ0n) is 15.9. The molecule has 0 radical (unpaired) electrons. The Kier molecular flexibility index (Phi) is 5.43. The summed E-state index contributed by atoms with van der Waals surface area (Å²) in [6, 6.07) is 13.4. The smallest absolute Gasteiger partial charge is 0.242 e. The van der Waals surface area contributed by atoms with Gasteiger partial charge in [0.05, 0.1) is 17.5 Å². The van der Waals surface area contributed by atoms with Gasteiger partial charge in [-0.1, -0.05) is 17.8 Å². The largest absolute Gasteiger partial charge is 0.494 e. The number of amides is 1. The topological polar surface area (TPSA) is 60.4 Å². The zero-order valence-corrected chi connectivity index (χ0v) is 16.7. The summed E-state index contributed by atoms with van der Waals surface area (Å²) >= 11 is 1.51. The van der Waals surface area contributed by atoms with Crippen molar-refractivity contribution < 1.29 is 19.0 Å². The van der Waals surface area contributed by atoms with E-state index in [1.807, 2.05) is 56.3 Å². The van der Waals surface area contributed by atoms with E-state index in [1.165, 1.54) is 11.8 Å². The minimum absolute atomic E-state index is 0.0925. The average Bonchev–Trinajstić information content (AvgIpc) is 3.28. The summed E-state index contributed by atoms with van der Waals surface area (Å²) in [4.78, 5) is 19.3. The summed E-state index contributed by atoms with van der Waals surface area (Å²) in [5, 5.41) is 0.546. The normalized spacial score (nSPS) is 19.5. The van der Waals surface area contributed by atoms with E-state index in [9.17, 15) is 4.79 Å². The molecule has 0 aromatic heterocycles. The Hall–Kier alpha value is -2.67. The molecule has 2 aliphatic rings. The molecule has 1 atom stereocenters. The first-order valence-corrected chi connectivity index (χ1v) is 10.2. The van der Waals surface area contributed by atoms with E-state index in [0.717, 1.165) is 33.7 Å². The molecule has 146 valence electrons. The van der Waals surface area contributed by atoms with Crippen LogP contribution in [0.1, 0.15) is 19.4 Å². The summed E-state index contributed by atoms with van der Waals surface area (Å²) < 4.78 is 16.3. The molecule has 28 heavy (non-hydrogen) atoms. The summed E-state index contributed by atoms with van der Waals surface area (Å²) in [6.07, 6.45) is 0.624. The second-order valence-corrected chi connectivity index (χ2v) is 7.57. The Morgan fingerprint density at radius 2 is 1.93 bits per heavy atom. The standard InChI is InChI=1S/C21H22N2O4S/c1-3-23-20(24)19(12-14-5-10-17-18(11-14)27-13-26-17)28-21(23)22-15-6-8-16(9-7-15)25-4-2/h5-11,19H,3-4,12-13H2,1-2H3/t19-/m0/s1. The molecule has 1 saturated heterocycles. The molecule has 2 aliphatic heterocycles. The lowest BCUT2D eigenvalue weighted by Crippen LogP contribution is -2.32. The van der Waals surface area contributed by atoms with Gasteiger partial charge >= 0.3 is 0 Å². The van der Waals surface area contributed by atoms with Crippen molar-refractivity contribution in [1.29, 1.82) is 0 Å². The molecule has 0 bridgehead atoms. The molecule has 0 spiro atoms. The van der Waals surface area contributed by atoms with Crippen molar-refractivity contribution in [3.63, 3.8) is 0 Å². The minimum atomic E-state index is -0.193. The molecule has 2 heterocycles. The summed E-state index contributed by atoms with van der Waals surface area (Å²) in [6.45, 7) is 5.39. The molecule has 2 aromatic rings. The second kappa shape index (κ2) is 8.14. The summed E-state index contributed by atoms with van der Waals surface area (Å²) in [5.41, 5.74) is 1.86. The van der Waals surface area contributed by atoms with Crippen molar-refractivity contribution in [2.75, 3.05) is 19.9 Å². The third-order valence-electron chi connectivity index (χ3n) is 4.57. The Balaban J connectivity index is 1.51. The molecule has 4 rings (SSSR count). The molecule has 0 saturated carbocycles. The van der Waals surface area contributed by atoms with Crippen molar-refractivity contribution >= 4 is 28.5 Å². The van der Waals surface area contributed by atoms with E-state index in [1.54, 1.807) is 4.90 Å². The minimum Gasteiger partial charge on any atom is -0.494 e. The van der Waals surface area contributed by atoms with Gasteiger partial charge in [0, 0.05) is 6.54 Å². The predicted molar refractivity (Wildman–Crippen MR) is 110 cm³/mol. The molecule has 2 aromatic carbocycles. The molecular weight excluding hydrogens is 376 g/mol. The first-order valence-electron chi connectivity index (χ1n) is 9.36.